The molecular formula is C14H13F3O3. The van der Waals surface area contributed by atoms with E-state index < -0.39 is 23.1 Å². The van der Waals surface area contributed by atoms with Crippen molar-refractivity contribution in [1.82, 2.24) is 0 Å². The second-order valence-corrected chi connectivity index (χ2v) is 5.33. The number of carboxylic acid groups (broad SMARTS) is 1. The molecule has 0 radical (unpaired) electrons. The van der Waals surface area contributed by atoms with Gasteiger partial charge in [0.05, 0.1) is 11.0 Å². The number of halogens is 3. The van der Waals surface area contributed by atoms with E-state index in [-0.39, 0.29) is 6.42 Å². The smallest absolute Gasteiger partial charge is 0.416 e. The Morgan fingerprint density at radius 1 is 1.25 bits per heavy atom. The maximum Gasteiger partial charge on any atom is 0.416 e. The van der Waals surface area contributed by atoms with Crippen molar-refractivity contribution in [1.29, 1.82) is 0 Å². The van der Waals surface area contributed by atoms with Crippen LogP contribution in [-0.4, -0.2) is 11.1 Å². The molecule has 2 rings (SSSR count). The van der Waals surface area contributed by atoms with E-state index in [1.54, 1.807) is 0 Å². The lowest BCUT2D eigenvalue weighted by atomic mass is 9.88. The first-order valence-corrected chi connectivity index (χ1v) is 5.93. The molecule has 1 aromatic carbocycles. The molecule has 2 aromatic rings. The lowest BCUT2D eigenvalue weighted by Crippen LogP contribution is -2.25. The monoisotopic (exact) mass is 286 g/mol. The molecule has 1 N–H and O–H groups in total. The number of aliphatic carboxylic acids is 1. The van der Waals surface area contributed by atoms with Gasteiger partial charge in [-0.15, -0.1) is 0 Å². The van der Waals surface area contributed by atoms with Crippen LogP contribution in [0.15, 0.2) is 28.7 Å². The Morgan fingerprint density at radius 2 is 1.90 bits per heavy atom. The highest BCUT2D eigenvalue weighted by Gasteiger charge is 2.32. The Morgan fingerprint density at radius 3 is 2.45 bits per heavy atom. The Kier molecular flexibility index (Phi) is 3.28. The van der Waals surface area contributed by atoms with Crippen LogP contribution in [0.2, 0.25) is 0 Å². The third kappa shape index (κ3) is 2.79. The minimum absolute atomic E-state index is 0.109. The summed E-state index contributed by atoms with van der Waals surface area (Å²) < 4.78 is 43.2. The molecule has 0 fully saturated rings. The number of carboxylic acids is 1. The predicted molar refractivity (Wildman–Crippen MR) is 66.3 cm³/mol. The molecule has 0 spiro atoms. The first-order chi connectivity index (χ1) is 9.09. The summed E-state index contributed by atoms with van der Waals surface area (Å²) in [6, 6.07) is 4.64. The van der Waals surface area contributed by atoms with Gasteiger partial charge in [-0.2, -0.15) is 13.2 Å². The fourth-order valence-electron chi connectivity index (χ4n) is 1.87. The maximum atomic E-state index is 12.6. The van der Waals surface area contributed by atoms with Gasteiger partial charge in [0, 0.05) is 11.8 Å². The molecule has 0 unspecified atom stereocenters. The highest BCUT2D eigenvalue weighted by Crippen LogP contribution is 2.33. The summed E-state index contributed by atoms with van der Waals surface area (Å²) in [5.74, 6) is -0.638. The summed E-state index contributed by atoms with van der Waals surface area (Å²) in [6.45, 7) is 3.06. The average Bonchev–Trinajstić information content (AvgIpc) is 2.67. The molecule has 1 aromatic heterocycles. The van der Waals surface area contributed by atoms with E-state index >= 15 is 0 Å². The standard InChI is InChI=1S/C14H13F3O3/c1-13(2,12(18)19)7-10-6-8-5-9(14(15,16)17)3-4-11(8)20-10/h3-6H,7H2,1-2H3,(H,18,19). The van der Waals surface area contributed by atoms with Gasteiger partial charge >= 0.3 is 12.1 Å². The van der Waals surface area contributed by atoms with E-state index in [0.29, 0.717) is 16.7 Å². The van der Waals surface area contributed by atoms with Gasteiger partial charge in [0.1, 0.15) is 11.3 Å². The summed E-state index contributed by atoms with van der Waals surface area (Å²) in [4.78, 5) is 11.0. The van der Waals surface area contributed by atoms with Gasteiger partial charge in [-0.05, 0) is 38.1 Å². The molecule has 0 atom stereocenters. The molecule has 6 heteroatoms. The number of benzene rings is 1. The van der Waals surface area contributed by atoms with Crippen LogP contribution < -0.4 is 0 Å². The molecule has 0 aliphatic rings. The second kappa shape index (κ2) is 4.54. The SMILES string of the molecule is CC(C)(Cc1cc2cc(C(F)(F)F)ccc2o1)C(=O)O. The first-order valence-electron chi connectivity index (χ1n) is 5.93. The van der Waals surface area contributed by atoms with Crippen LogP contribution in [0.5, 0.6) is 0 Å². The van der Waals surface area contributed by atoms with Gasteiger partial charge in [0.2, 0.25) is 0 Å². The van der Waals surface area contributed by atoms with Gasteiger partial charge in [-0.3, -0.25) is 4.79 Å². The lowest BCUT2D eigenvalue weighted by Gasteiger charge is -2.16. The Hall–Kier alpha value is -1.98. The Bertz CT molecular complexity index is 653. The predicted octanol–water partition coefficient (Wildman–Crippen LogP) is 4.10. The maximum absolute atomic E-state index is 12.6. The van der Waals surface area contributed by atoms with Crippen LogP contribution in [0, 0.1) is 5.41 Å². The van der Waals surface area contributed by atoms with Crippen molar-refractivity contribution >= 4 is 16.9 Å². The zero-order valence-corrected chi connectivity index (χ0v) is 10.9. The number of hydrogen-bond acceptors (Lipinski definition) is 2. The van der Waals surface area contributed by atoms with E-state index in [2.05, 4.69) is 0 Å². The zero-order valence-electron chi connectivity index (χ0n) is 10.9. The van der Waals surface area contributed by atoms with Gasteiger partial charge < -0.3 is 9.52 Å². The highest BCUT2D eigenvalue weighted by molar-refractivity contribution is 5.79. The highest BCUT2D eigenvalue weighted by atomic mass is 19.4. The summed E-state index contributed by atoms with van der Waals surface area (Å²) in [6.07, 6.45) is -4.30. The summed E-state index contributed by atoms with van der Waals surface area (Å²) in [5, 5.41) is 9.35. The first kappa shape index (κ1) is 14.4. The normalized spacial score (nSPS) is 12.8. The molecule has 0 amide bonds. The van der Waals surface area contributed by atoms with E-state index in [4.69, 9.17) is 9.52 Å². The van der Waals surface area contributed by atoms with Crippen molar-refractivity contribution in [3.63, 3.8) is 0 Å². The quantitative estimate of drug-likeness (QED) is 0.924. The topological polar surface area (TPSA) is 50.4 Å². The second-order valence-electron chi connectivity index (χ2n) is 5.33. The Labute approximate surface area is 113 Å². The van der Waals surface area contributed by atoms with Crippen molar-refractivity contribution in [3.8, 4) is 0 Å². The van der Waals surface area contributed by atoms with E-state index in [0.717, 1.165) is 12.1 Å². The fourth-order valence-corrected chi connectivity index (χ4v) is 1.87. The van der Waals surface area contributed by atoms with Crippen LogP contribution in [0.4, 0.5) is 13.2 Å². The van der Waals surface area contributed by atoms with E-state index in [1.807, 2.05) is 0 Å². The van der Waals surface area contributed by atoms with Crippen LogP contribution in [-0.2, 0) is 17.4 Å². The number of hydrogen-bond donors (Lipinski definition) is 1. The zero-order chi connectivity index (χ0) is 15.1. The van der Waals surface area contributed by atoms with Gasteiger partial charge in [-0.1, -0.05) is 0 Å². The third-order valence-electron chi connectivity index (χ3n) is 3.09. The van der Waals surface area contributed by atoms with Crippen LogP contribution in [0.1, 0.15) is 25.2 Å². The van der Waals surface area contributed by atoms with Crippen molar-refractivity contribution < 1.29 is 27.5 Å². The molecule has 0 aliphatic carbocycles. The fraction of sp³-hybridized carbons (Fsp3) is 0.357. The van der Waals surface area contributed by atoms with E-state index in [9.17, 15) is 18.0 Å². The summed E-state index contributed by atoms with van der Waals surface area (Å²) in [5.41, 5.74) is -1.48. The average molecular weight is 286 g/mol. The molecule has 1 heterocycles. The number of alkyl halides is 3. The molecule has 0 bridgehead atoms. The van der Waals surface area contributed by atoms with E-state index in [1.165, 1.54) is 26.0 Å². The van der Waals surface area contributed by atoms with Crippen LogP contribution in [0.3, 0.4) is 0 Å². The number of furan rings is 1. The number of carbonyl (C=O) groups is 1. The van der Waals surface area contributed by atoms with Crippen molar-refractivity contribution in [2.75, 3.05) is 0 Å². The summed E-state index contributed by atoms with van der Waals surface area (Å²) >= 11 is 0. The summed E-state index contributed by atoms with van der Waals surface area (Å²) in [7, 11) is 0. The van der Waals surface area contributed by atoms with Crippen LogP contribution in [0.25, 0.3) is 11.0 Å². The van der Waals surface area contributed by atoms with Crippen molar-refractivity contribution in [3.05, 3.63) is 35.6 Å². The number of rotatable bonds is 3. The van der Waals surface area contributed by atoms with Crippen molar-refractivity contribution in [2.24, 2.45) is 5.41 Å². The lowest BCUT2D eigenvalue weighted by molar-refractivity contribution is -0.147. The molecule has 0 saturated heterocycles. The molecular weight excluding hydrogens is 273 g/mol. The van der Waals surface area contributed by atoms with Crippen LogP contribution >= 0.6 is 0 Å². The molecule has 3 nitrogen and oxygen atoms in total. The minimum Gasteiger partial charge on any atom is -0.481 e. The third-order valence-corrected chi connectivity index (χ3v) is 3.09. The van der Waals surface area contributed by atoms with Gasteiger partial charge in [-0.25, -0.2) is 0 Å². The molecule has 0 aliphatic heterocycles. The molecule has 0 saturated carbocycles. The Balaban J connectivity index is 2.37. The minimum atomic E-state index is -4.41. The molecule has 20 heavy (non-hydrogen) atoms. The van der Waals surface area contributed by atoms with Crippen molar-refractivity contribution in [2.45, 2.75) is 26.4 Å². The number of fused-ring (bicyclic) bond motifs is 1. The largest absolute Gasteiger partial charge is 0.481 e. The van der Waals surface area contributed by atoms with Gasteiger partial charge in [0.15, 0.2) is 0 Å². The molecule has 108 valence electrons. The van der Waals surface area contributed by atoms with Gasteiger partial charge in [0.25, 0.3) is 0 Å².